The third-order valence-corrected chi connectivity index (χ3v) is 7.71. The summed E-state index contributed by atoms with van der Waals surface area (Å²) in [4.78, 5) is 33.6. The van der Waals surface area contributed by atoms with Crippen molar-refractivity contribution in [3.8, 4) is 17.0 Å². The Hall–Kier alpha value is -2.93. The molecule has 0 amide bonds. The molecular weight excluding hydrogens is 484 g/mol. The Kier molecular flexibility index (Phi) is 7.69. The minimum absolute atomic E-state index is 0.0813. The highest BCUT2D eigenvalue weighted by molar-refractivity contribution is 7.89. The van der Waals surface area contributed by atoms with Crippen LogP contribution in [0.25, 0.3) is 22.3 Å². The van der Waals surface area contributed by atoms with E-state index in [4.69, 9.17) is 4.74 Å². The molecule has 0 aliphatic carbocycles. The fourth-order valence-corrected chi connectivity index (χ4v) is 5.44. The van der Waals surface area contributed by atoms with Crippen molar-refractivity contribution < 1.29 is 13.2 Å². The second kappa shape index (κ2) is 10.6. The van der Waals surface area contributed by atoms with Crippen LogP contribution >= 0.6 is 0 Å². The number of aromatic amines is 1. The maximum atomic E-state index is 13.2. The first-order valence-corrected chi connectivity index (χ1v) is 13.7. The fraction of sp³-hybridized carbons (Fsp3) is 0.500. The minimum Gasteiger partial charge on any atom is -0.493 e. The molecule has 11 nitrogen and oxygen atoms in total. The molecule has 3 aromatic rings. The number of benzene rings is 1. The number of hydrogen-bond donors (Lipinski definition) is 2. The molecule has 4 rings (SSSR count). The van der Waals surface area contributed by atoms with Crippen LogP contribution in [0.5, 0.6) is 5.75 Å². The first kappa shape index (κ1) is 26.1. The van der Waals surface area contributed by atoms with Gasteiger partial charge in [-0.2, -0.15) is 0 Å². The van der Waals surface area contributed by atoms with E-state index in [-0.39, 0.29) is 10.4 Å². The number of H-pyrrole nitrogens is 1. The maximum absolute atomic E-state index is 13.2. The van der Waals surface area contributed by atoms with E-state index in [2.05, 4.69) is 14.7 Å². The lowest BCUT2D eigenvalue weighted by Crippen LogP contribution is -2.52. The molecule has 196 valence electrons. The van der Waals surface area contributed by atoms with Gasteiger partial charge in [0.25, 0.3) is 15.6 Å². The molecule has 12 heteroatoms. The van der Waals surface area contributed by atoms with E-state index in [0.717, 1.165) is 24.1 Å². The third-order valence-electron chi connectivity index (χ3n) is 6.34. The van der Waals surface area contributed by atoms with Crippen molar-refractivity contribution in [2.45, 2.75) is 38.1 Å². The molecule has 0 bridgehead atoms. The molecule has 0 atom stereocenters. The second-order valence-corrected chi connectivity index (χ2v) is 10.8. The number of nitrogens with zero attached hydrogens (tertiary/aromatic N) is 4. The average molecular weight is 519 g/mol. The molecule has 2 aromatic heterocycles. The maximum Gasteiger partial charge on any atom is 0.331 e. The number of piperazine rings is 1. The number of likely N-dealkylation sites (N-methyl/N-ethyl adjacent to an activating group) is 1. The zero-order chi connectivity index (χ0) is 26.0. The first-order valence-electron chi connectivity index (χ1n) is 12.2. The molecule has 1 aliphatic rings. The summed E-state index contributed by atoms with van der Waals surface area (Å²) in [6.07, 6.45) is 1.48. The van der Waals surface area contributed by atoms with Crippen LogP contribution in [0.1, 0.15) is 26.7 Å². The van der Waals surface area contributed by atoms with Crippen molar-refractivity contribution in [1.29, 1.82) is 0 Å². The molecular formula is C24H34N6O5S. The van der Waals surface area contributed by atoms with E-state index >= 15 is 0 Å². The van der Waals surface area contributed by atoms with Gasteiger partial charge in [-0.05, 0) is 44.2 Å². The number of aryl methyl sites for hydroxylation is 1. The molecule has 1 aromatic carbocycles. The summed E-state index contributed by atoms with van der Waals surface area (Å²) < 4.78 is 35.0. The summed E-state index contributed by atoms with van der Waals surface area (Å²) in [6, 6.07) is 6.40. The SMILES string of the molecule is CCCOc1ccc(S(=O)(=O)NN2CCN(C)CC2)cc1-c1cc2c([nH]1)c(=O)n(C)c(=O)n2CCC. The highest BCUT2D eigenvalue weighted by Crippen LogP contribution is 2.33. The van der Waals surface area contributed by atoms with Gasteiger partial charge in [0.1, 0.15) is 11.3 Å². The molecule has 1 fully saturated rings. The van der Waals surface area contributed by atoms with Crippen molar-refractivity contribution in [2.75, 3.05) is 39.8 Å². The Morgan fingerprint density at radius 3 is 2.42 bits per heavy atom. The Labute approximate surface area is 210 Å². The van der Waals surface area contributed by atoms with Crippen LogP contribution in [-0.4, -0.2) is 72.3 Å². The molecule has 1 saturated heterocycles. The van der Waals surface area contributed by atoms with Crippen LogP contribution in [0.4, 0.5) is 0 Å². The van der Waals surface area contributed by atoms with Gasteiger partial charge in [0.05, 0.1) is 22.7 Å². The van der Waals surface area contributed by atoms with E-state index in [1.807, 2.05) is 20.9 Å². The molecule has 1 aliphatic heterocycles. The number of nitrogens with one attached hydrogen (secondary N) is 2. The Bertz CT molecular complexity index is 1460. The molecule has 0 radical (unpaired) electrons. The summed E-state index contributed by atoms with van der Waals surface area (Å²) in [7, 11) is -0.398. The molecule has 2 N–H and O–H groups in total. The standard InChI is InChI=1S/C24H34N6O5S/c1-5-9-30-20-16-19(25-22(20)23(31)28(4)24(30)32)18-15-17(7-8-21(18)35-14-6-2)36(33,34)26-29-12-10-27(3)11-13-29/h7-8,15-16,25-26H,5-6,9-14H2,1-4H3. The highest BCUT2D eigenvalue weighted by atomic mass is 32.2. The monoisotopic (exact) mass is 518 g/mol. The molecule has 0 spiro atoms. The fourth-order valence-electron chi connectivity index (χ4n) is 4.29. The van der Waals surface area contributed by atoms with Gasteiger partial charge in [0.15, 0.2) is 0 Å². The van der Waals surface area contributed by atoms with Crippen molar-refractivity contribution in [2.24, 2.45) is 7.05 Å². The number of fused-ring (bicyclic) bond motifs is 1. The van der Waals surface area contributed by atoms with Gasteiger partial charge in [-0.3, -0.25) is 13.9 Å². The Morgan fingerprint density at radius 2 is 1.75 bits per heavy atom. The zero-order valence-electron chi connectivity index (χ0n) is 21.2. The number of aromatic nitrogens is 3. The van der Waals surface area contributed by atoms with E-state index in [9.17, 15) is 18.0 Å². The van der Waals surface area contributed by atoms with Crippen molar-refractivity contribution >= 4 is 21.1 Å². The number of ether oxygens (including phenoxy) is 1. The summed E-state index contributed by atoms with van der Waals surface area (Å²) in [5.41, 5.74) is 0.926. The zero-order valence-corrected chi connectivity index (χ0v) is 22.0. The van der Waals surface area contributed by atoms with Gasteiger partial charge in [-0.25, -0.2) is 18.2 Å². The van der Waals surface area contributed by atoms with Gasteiger partial charge in [-0.1, -0.05) is 13.8 Å². The smallest absolute Gasteiger partial charge is 0.331 e. The van der Waals surface area contributed by atoms with Crippen LogP contribution in [-0.2, 0) is 23.6 Å². The van der Waals surface area contributed by atoms with E-state index in [0.29, 0.717) is 55.2 Å². The minimum atomic E-state index is -3.85. The van der Waals surface area contributed by atoms with Crippen molar-refractivity contribution in [3.63, 3.8) is 0 Å². The van der Waals surface area contributed by atoms with Gasteiger partial charge in [0, 0.05) is 45.3 Å². The lowest BCUT2D eigenvalue weighted by atomic mass is 10.1. The lowest BCUT2D eigenvalue weighted by molar-refractivity contribution is 0.135. The topological polar surface area (TPSA) is 122 Å². The largest absolute Gasteiger partial charge is 0.493 e. The van der Waals surface area contributed by atoms with Crippen LogP contribution in [0.2, 0.25) is 0 Å². The molecule has 36 heavy (non-hydrogen) atoms. The predicted octanol–water partition coefficient (Wildman–Crippen LogP) is 1.33. The third kappa shape index (κ3) is 5.12. The van der Waals surface area contributed by atoms with Gasteiger partial charge in [-0.15, -0.1) is 4.83 Å². The molecule has 0 unspecified atom stereocenters. The van der Waals surface area contributed by atoms with Gasteiger partial charge >= 0.3 is 5.69 Å². The summed E-state index contributed by atoms with van der Waals surface area (Å²) in [6.45, 7) is 7.53. The number of rotatable bonds is 9. The lowest BCUT2D eigenvalue weighted by Gasteiger charge is -2.32. The number of hydrogen-bond acceptors (Lipinski definition) is 7. The average Bonchev–Trinajstić information content (AvgIpc) is 3.30. The van der Waals surface area contributed by atoms with E-state index in [1.165, 1.54) is 13.1 Å². The van der Waals surface area contributed by atoms with Gasteiger partial charge in [0.2, 0.25) is 0 Å². The molecule has 3 heterocycles. The predicted molar refractivity (Wildman–Crippen MR) is 139 cm³/mol. The Morgan fingerprint density at radius 1 is 1.03 bits per heavy atom. The van der Waals surface area contributed by atoms with Crippen molar-refractivity contribution in [3.05, 3.63) is 45.1 Å². The van der Waals surface area contributed by atoms with Crippen LogP contribution < -0.4 is 20.8 Å². The quantitative estimate of drug-likeness (QED) is 0.438. The van der Waals surface area contributed by atoms with E-state index in [1.54, 1.807) is 27.8 Å². The first-order chi connectivity index (χ1) is 17.2. The Balaban J connectivity index is 1.81. The summed E-state index contributed by atoms with van der Waals surface area (Å²) in [5, 5.41) is 1.70. The van der Waals surface area contributed by atoms with Crippen LogP contribution in [0.3, 0.4) is 0 Å². The van der Waals surface area contributed by atoms with Crippen LogP contribution in [0.15, 0.2) is 38.8 Å². The van der Waals surface area contributed by atoms with E-state index < -0.39 is 21.3 Å². The molecule has 0 saturated carbocycles. The van der Waals surface area contributed by atoms with Crippen LogP contribution in [0, 0.1) is 0 Å². The second-order valence-electron chi connectivity index (χ2n) is 9.13. The highest BCUT2D eigenvalue weighted by Gasteiger charge is 2.24. The van der Waals surface area contributed by atoms with Gasteiger partial charge < -0.3 is 14.6 Å². The number of sulfonamides is 1. The number of hydrazine groups is 1. The normalized spacial score (nSPS) is 15.6. The summed E-state index contributed by atoms with van der Waals surface area (Å²) >= 11 is 0. The summed E-state index contributed by atoms with van der Waals surface area (Å²) in [5.74, 6) is 0.489. The van der Waals surface area contributed by atoms with Crippen molar-refractivity contribution in [1.82, 2.24) is 28.9 Å².